The minimum atomic E-state index is -0.199. The Hall–Kier alpha value is -1.34. The van der Waals surface area contributed by atoms with E-state index in [1.165, 1.54) is 12.8 Å². The number of hydrogen-bond donors (Lipinski definition) is 1. The predicted molar refractivity (Wildman–Crippen MR) is 113 cm³/mol. The van der Waals surface area contributed by atoms with Gasteiger partial charge in [-0.25, -0.2) is 9.80 Å². The summed E-state index contributed by atoms with van der Waals surface area (Å²) in [7, 11) is 0. The van der Waals surface area contributed by atoms with E-state index in [2.05, 4.69) is 22.3 Å². The predicted octanol–water partition coefficient (Wildman–Crippen LogP) is 2.61. The molecule has 2 amide bonds. The summed E-state index contributed by atoms with van der Waals surface area (Å²) in [5.74, 6) is 1.80. The zero-order valence-corrected chi connectivity index (χ0v) is 18.8. The van der Waals surface area contributed by atoms with Gasteiger partial charge in [0.25, 0.3) is 0 Å². The molecule has 0 radical (unpaired) electrons. The molecule has 0 aromatic rings. The van der Waals surface area contributed by atoms with Crippen LogP contribution in [0.5, 0.6) is 0 Å². The summed E-state index contributed by atoms with van der Waals surface area (Å²) in [5, 5.41) is 2.45. The molecule has 1 N–H and O–H groups in total. The second-order valence-electron chi connectivity index (χ2n) is 10.7. The number of nitrogens with zero attached hydrogens (tertiary/aromatic N) is 3. The van der Waals surface area contributed by atoms with Crippen molar-refractivity contribution >= 4 is 12.0 Å². The van der Waals surface area contributed by atoms with Crippen LogP contribution in [0.1, 0.15) is 65.7 Å². The second kappa shape index (κ2) is 7.97. The third-order valence-electron chi connectivity index (χ3n) is 7.91. The lowest BCUT2D eigenvalue weighted by Crippen LogP contribution is -2.67. The first kappa shape index (κ1) is 20.6. The Morgan fingerprint density at radius 3 is 2.40 bits per heavy atom. The quantitative estimate of drug-likeness (QED) is 0.760. The largest absolute Gasteiger partial charge is 0.447 e. The first-order valence-corrected chi connectivity index (χ1v) is 12.2. The zero-order valence-electron chi connectivity index (χ0n) is 18.8. The van der Waals surface area contributed by atoms with E-state index >= 15 is 0 Å². The van der Waals surface area contributed by atoms with Gasteiger partial charge in [0.15, 0.2) is 0 Å². The van der Waals surface area contributed by atoms with Gasteiger partial charge in [-0.3, -0.25) is 10.2 Å². The van der Waals surface area contributed by atoms with Gasteiger partial charge in [-0.05, 0) is 77.6 Å². The van der Waals surface area contributed by atoms with Crippen molar-refractivity contribution < 1.29 is 14.3 Å². The van der Waals surface area contributed by atoms with Crippen LogP contribution in [0, 0.1) is 17.8 Å². The van der Waals surface area contributed by atoms with Gasteiger partial charge < -0.3 is 14.5 Å². The van der Waals surface area contributed by atoms with Crippen LogP contribution in [0.3, 0.4) is 0 Å². The van der Waals surface area contributed by atoms with Crippen molar-refractivity contribution in [3.63, 3.8) is 0 Å². The average molecular weight is 419 g/mol. The maximum Gasteiger partial charge on any atom is 0.410 e. The Kier molecular flexibility index (Phi) is 5.46. The maximum atomic E-state index is 13.1. The highest BCUT2D eigenvalue weighted by Gasteiger charge is 2.51. The van der Waals surface area contributed by atoms with Crippen LogP contribution >= 0.6 is 0 Å². The smallest absolute Gasteiger partial charge is 0.410 e. The van der Waals surface area contributed by atoms with Gasteiger partial charge in [0.05, 0.1) is 18.2 Å². The van der Waals surface area contributed by atoms with Crippen molar-refractivity contribution in [2.45, 2.75) is 96.0 Å². The molecule has 5 atom stereocenters. The lowest BCUT2D eigenvalue weighted by Gasteiger charge is -2.54. The Labute approximate surface area is 180 Å². The number of ether oxygens (including phenoxy) is 1. The van der Waals surface area contributed by atoms with Crippen LogP contribution in [-0.2, 0) is 9.53 Å². The molecule has 7 nitrogen and oxygen atoms in total. The first-order chi connectivity index (χ1) is 14.4. The minimum absolute atomic E-state index is 0.0640. The molecule has 0 aromatic heterocycles. The van der Waals surface area contributed by atoms with Gasteiger partial charge >= 0.3 is 6.09 Å². The summed E-state index contributed by atoms with van der Waals surface area (Å²) in [6, 6.07) is 1.04. The molecule has 2 heterocycles. The number of hydrogen-bond acceptors (Lipinski definition) is 5. The van der Waals surface area contributed by atoms with E-state index < -0.39 is 0 Å². The van der Waals surface area contributed by atoms with E-state index in [-0.39, 0.29) is 36.2 Å². The number of hydrazine groups is 1. The molecule has 7 heteroatoms. The van der Waals surface area contributed by atoms with E-state index in [1.807, 2.05) is 18.7 Å². The number of rotatable bonds is 4. The molecule has 5 fully saturated rings. The van der Waals surface area contributed by atoms with Crippen LogP contribution < -0.4 is 5.43 Å². The third-order valence-corrected chi connectivity index (χ3v) is 7.91. The van der Waals surface area contributed by atoms with Gasteiger partial charge in [-0.1, -0.05) is 0 Å². The lowest BCUT2D eigenvalue weighted by atomic mass is 9.73. The van der Waals surface area contributed by atoms with E-state index in [1.54, 1.807) is 0 Å². The fraction of sp³-hybridized carbons (Fsp3) is 0.913. The topological polar surface area (TPSA) is 65.1 Å². The first-order valence-electron chi connectivity index (χ1n) is 12.2. The van der Waals surface area contributed by atoms with E-state index in [0.29, 0.717) is 24.3 Å². The molecule has 0 aromatic carbocycles. The highest BCUT2D eigenvalue weighted by molar-refractivity contribution is 5.82. The Balaban J connectivity index is 1.33. The molecule has 5 rings (SSSR count). The normalized spacial score (nSPS) is 37.4. The summed E-state index contributed by atoms with van der Waals surface area (Å²) in [6.45, 7) is 8.69. The van der Waals surface area contributed by atoms with E-state index in [4.69, 9.17) is 4.74 Å². The van der Waals surface area contributed by atoms with Crippen LogP contribution in [0.25, 0.3) is 0 Å². The Morgan fingerprint density at radius 1 is 0.967 bits per heavy atom. The van der Waals surface area contributed by atoms with Crippen molar-refractivity contribution in [3.05, 3.63) is 0 Å². The molecule has 0 bridgehead atoms. The second-order valence-corrected chi connectivity index (χ2v) is 10.7. The van der Waals surface area contributed by atoms with Crippen molar-refractivity contribution in [3.8, 4) is 0 Å². The van der Waals surface area contributed by atoms with E-state index in [9.17, 15) is 9.59 Å². The molecule has 2 saturated heterocycles. The highest BCUT2D eigenvalue weighted by atomic mass is 16.6. The number of carbonyl (C=O) groups excluding carboxylic acids is 2. The molecule has 3 aliphatic carbocycles. The molecule has 0 spiro atoms. The summed E-state index contributed by atoms with van der Waals surface area (Å²) in [6.07, 6.45) is 7.53. The number of fused-ring (bicyclic) bond motifs is 1. The molecule has 4 unspecified atom stereocenters. The number of amides is 2. The molecule has 2 aliphatic heterocycles. The molecule has 5 aliphatic rings. The fourth-order valence-electron chi connectivity index (χ4n) is 6.08. The summed E-state index contributed by atoms with van der Waals surface area (Å²) < 4.78 is 5.62. The molecular formula is C23H38N4O3. The van der Waals surface area contributed by atoms with Crippen LogP contribution in [-0.4, -0.2) is 76.7 Å². The van der Waals surface area contributed by atoms with Crippen LogP contribution in [0.2, 0.25) is 0 Å². The SMILES string of the molecule is CC(C)OC(=O)N1C[C@H](C)N(C(=O)C2CC2)C2CCC(C3CNN(C4CC4)C3)CC21. The van der Waals surface area contributed by atoms with Crippen molar-refractivity contribution in [1.29, 1.82) is 0 Å². The van der Waals surface area contributed by atoms with Crippen LogP contribution in [0.4, 0.5) is 4.79 Å². The molecular weight excluding hydrogens is 380 g/mol. The molecule has 168 valence electrons. The van der Waals surface area contributed by atoms with E-state index in [0.717, 1.165) is 51.2 Å². The number of carbonyl (C=O) groups is 2. The van der Waals surface area contributed by atoms with Gasteiger partial charge in [0.1, 0.15) is 0 Å². The standard InChI is InChI=1S/C23H38N4O3/c1-14(2)30-23(29)25-12-15(3)27(22(28)16-4-5-16)20-9-6-17(10-21(20)25)18-11-24-26(13-18)19-7-8-19/h14-21,24H,4-13H2,1-3H3/t15-,17?,18?,20?,21?/m0/s1. The Bertz CT molecular complexity index is 677. The minimum Gasteiger partial charge on any atom is -0.447 e. The van der Waals surface area contributed by atoms with Crippen molar-refractivity contribution in [2.75, 3.05) is 19.6 Å². The zero-order chi connectivity index (χ0) is 21.0. The fourth-order valence-corrected chi connectivity index (χ4v) is 6.08. The van der Waals surface area contributed by atoms with Gasteiger partial charge in [0.2, 0.25) is 5.91 Å². The van der Waals surface area contributed by atoms with Crippen molar-refractivity contribution in [2.24, 2.45) is 17.8 Å². The summed E-state index contributed by atoms with van der Waals surface area (Å²) in [5.41, 5.74) is 3.62. The van der Waals surface area contributed by atoms with Crippen molar-refractivity contribution in [1.82, 2.24) is 20.2 Å². The molecule has 30 heavy (non-hydrogen) atoms. The number of nitrogens with one attached hydrogen (secondary N) is 1. The monoisotopic (exact) mass is 418 g/mol. The highest BCUT2D eigenvalue weighted by Crippen LogP contribution is 2.43. The maximum absolute atomic E-state index is 13.1. The van der Waals surface area contributed by atoms with Gasteiger partial charge in [-0.15, -0.1) is 0 Å². The van der Waals surface area contributed by atoms with Gasteiger partial charge in [0, 0.05) is 37.6 Å². The van der Waals surface area contributed by atoms with Gasteiger partial charge in [-0.2, -0.15) is 0 Å². The van der Waals surface area contributed by atoms with Crippen LogP contribution in [0.15, 0.2) is 0 Å². The lowest BCUT2D eigenvalue weighted by molar-refractivity contribution is -0.146. The number of piperazine rings is 1. The summed E-state index contributed by atoms with van der Waals surface area (Å²) >= 11 is 0. The third kappa shape index (κ3) is 3.95. The average Bonchev–Trinajstić information content (AvgIpc) is 3.64. The summed E-state index contributed by atoms with van der Waals surface area (Å²) in [4.78, 5) is 30.2. The Morgan fingerprint density at radius 2 is 1.73 bits per heavy atom. The molecule has 3 saturated carbocycles.